The smallest absolute Gasteiger partial charge is 0.304 e. The Labute approximate surface area is 91.2 Å². The van der Waals surface area contributed by atoms with Gasteiger partial charge in [-0.25, -0.2) is 0 Å². The van der Waals surface area contributed by atoms with Crippen LogP contribution in [0, 0.1) is 5.92 Å². The van der Waals surface area contributed by atoms with Gasteiger partial charge in [0.1, 0.15) is 0 Å². The van der Waals surface area contributed by atoms with Gasteiger partial charge in [0, 0.05) is 12.6 Å². The Hall–Kier alpha value is -0.610. The zero-order valence-electron chi connectivity index (χ0n) is 9.24. The van der Waals surface area contributed by atoms with Crippen LogP contribution < -0.4 is 11.1 Å². The van der Waals surface area contributed by atoms with Crippen LogP contribution in [-0.2, 0) is 4.79 Å². The van der Waals surface area contributed by atoms with Gasteiger partial charge in [0.2, 0.25) is 0 Å². The van der Waals surface area contributed by atoms with Gasteiger partial charge in [-0.3, -0.25) is 4.79 Å². The predicted octanol–water partition coefficient (Wildman–Crippen LogP) is 0.958. The normalized spacial score (nSPS) is 19.3. The number of carbonyl (C=O) groups is 1. The van der Waals surface area contributed by atoms with E-state index in [4.69, 9.17) is 10.8 Å². The van der Waals surface area contributed by atoms with E-state index in [1.54, 1.807) is 0 Å². The lowest BCUT2D eigenvalue weighted by Crippen LogP contribution is -2.36. The Morgan fingerprint density at radius 3 is 2.73 bits per heavy atom. The molecule has 88 valence electrons. The third-order valence-electron chi connectivity index (χ3n) is 3.05. The summed E-state index contributed by atoms with van der Waals surface area (Å²) in [7, 11) is 0. The number of carboxylic acid groups (broad SMARTS) is 1. The molecule has 0 radical (unpaired) electrons. The van der Waals surface area contributed by atoms with Gasteiger partial charge >= 0.3 is 5.97 Å². The van der Waals surface area contributed by atoms with Crippen LogP contribution >= 0.6 is 0 Å². The minimum Gasteiger partial charge on any atom is -0.481 e. The molecule has 4 N–H and O–H groups in total. The molecule has 1 rings (SSSR count). The minimum atomic E-state index is -0.819. The maximum Gasteiger partial charge on any atom is 0.304 e. The lowest BCUT2D eigenvalue weighted by atomic mass is 10.0. The van der Waals surface area contributed by atoms with Crippen LogP contribution in [0.2, 0.25) is 0 Å². The molecule has 4 heteroatoms. The third-order valence-corrected chi connectivity index (χ3v) is 3.05. The van der Waals surface area contributed by atoms with E-state index in [0.717, 1.165) is 12.5 Å². The van der Waals surface area contributed by atoms with Crippen LogP contribution in [0.25, 0.3) is 0 Å². The van der Waals surface area contributed by atoms with Crippen LogP contribution in [0.4, 0.5) is 0 Å². The maximum atomic E-state index is 10.3. The number of hydrogen-bond acceptors (Lipinski definition) is 3. The zero-order chi connectivity index (χ0) is 11.1. The van der Waals surface area contributed by atoms with E-state index in [9.17, 15) is 4.79 Å². The molecular weight excluding hydrogens is 192 g/mol. The van der Waals surface area contributed by atoms with E-state index in [-0.39, 0.29) is 12.5 Å². The van der Waals surface area contributed by atoms with Crippen molar-refractivity contribution < 1.29 is 9.90 Å². The number of hydrogen-bond donors (Lipinski definition) is 3. The largest absolute Gasteiger partial charge is 0.481 e. The summed E-state index contributed by atoms with van der Waals surface area (Å²) in [6.45, 7) is 1.58. The molecule has 0 spiro atoms. The third kappa shape index (κ3) is 5.74. The fraction of sp³-hybridized carbons (Fsp3) is 0.909. The molecule has 0 bridgehead atoms. The van der Waals surface area contributed by atoms with Gasteiger partial charge in [-0.15, -0.1) is 0 Å². The summed E-state index contributed by atoms with van der Waals surface area (Å²) in [6, 6.07) is -0.258. The Morgan fingerprint density at radius 2 is 2.13 bits per heavy atom. The molecule has 1 fully saturated rings. The first-order chi connectivity index (χ1) is 7.18. The number of rotatable bonds is 7. The zero-order valence-corrected chi connectivity index (χ0v) is 9.24. The fourth-order valence-corrected chi connectivity index (χ4v) is 2.19. The van der Waals surface area contributed by atoms with E-state index < -0.39 is 5.97 Å². The Bertz CT molecular complexity index is 191. The van der Waals surface area contributed by atoms with Crippen LogP contribution in [0.1, 0.15) is 38.5 Å². The van der Waals surface area contributed by atoms with Crippen molar-refractivity contribution >= 4 is 5.97 Å². The summed E-state index contributed by atoms with van der Waals surface area (Å²) in [5.74, 6) is 0.0632. The van der Waals surface area contributed by atoms with E-state index in [1.165, 1.54) is 32.1 Å². The number of nitrogens with two attached hydrogens (primary N) is 1. The van der Waals surface area contributed by atoms with Crippen molar-refractivity contribution in [1.82, 2.24) is 5.32 Å². The lowest BCUT2D eigenvalue weighted by Gasteiger charge is -2.12. The predicted molar refractivity (Wildman–Crippen MR) is 59.7 cm³/mol. The van der Waals surface area contributed by atoms with Crippen molar-refractivity contribution in [3.05, 3.63) is 0 Å². The van der Waals surface area contributed by atoms with Crippen LogP contribution in [-0.4, -0.2) is 30.2 Å². The SMILES string of the molecule is NC(CNCCC1CCCC1)CC(=O)O. The highest BCUT2D eigenvalue weighted by Crippen LogP contribution is 2.26. The highest BCUT2D eigenvalue weighted by Gasteiger charge is 2.14. The second-order valence-electron chi connectivity index (χ2n) is 4.50. The second-order valence-corrected chi connectivity index (χ2v) is 4.50. The number of aliphatic carboxylic acids is 1. The standard InChI is InChI=1S/C11H22N2O2/c12-10(7-11(14)15)8-13-6-5-9-3-1-2-4-9/h9-10,13H,1-8,12H2,(H,14,15). The summed E-state index contributed by atoms with van der Waals surface area (Å²) in [6.07, 6.45) is 6.74. The average molecular weight is 214 g/mol. The molecule has 0 aromatic rings. The Balaban J connectivity index is 1.93. The minimum absolute atomic E-state index is 0.0520. The van der Waals surface area contributed by atoms with Gasteiger partial charge in [0.05, 0.1) is 6.42 Å². The first-order valence-electron chi connectivity index (χ1n) is 5.86. The number of carboxylic acids is 1. The van der Waals surface area contributed by atoms with E-state index in [1.807, 2.05) is 0 Å². The first kappa shape index (κ1) is 12.5. The molecule has 1 unspecified atom stereocenters. The Kier molecular flexibility index (Phi) is 5.65. The van der Waals surface area contributed by atoms with Crippen molar-refractivity contribution in [2.24, 2.45) is 11.7 Å². The summed E-state index contributed by atoms with van der Waals surface area (Å²) in [5.41, 5.74) is 5.63. The quantitative estimate of drug-likeness (QED) is 0.552. The summed E-state index contributed by atoms with van der Waals surface area (Å²) in [5, 5.41) is 11.7. The van der Waals surface area contributed by atoms with E-state index in [2.05, 4.69) is 5.32 Å². The molecule has 1 aliphatic carbocycles. The molecule has 0 aliphatic heterocycles. The lowest BCUT2D eigenvalue weighted by molar-refractivity contribution is -0.137. The molecule has 0 amide bonds. The average Bonchev–Trinajstić information content (AvgIpc) is 2.63. The molecule has 0 aromatic heterocycles. The molecule has 1 aliphatic rings. The first-order valence-corrected chi connectivity index (χ1v) is 5.86. The van der Waals surface area contributed by atoms with Crippen molar-refractivity contribution in [2.45, 2.75) is 44.6 Å². The maximum absolute atomic E-state index is 10.3. The topological polar surface area (TPSA) is 75.3 Å². The van der Waals surface area contributed by atoms with Crippen molar-refractivity contribution in [1.29, 1.82) is 0 Å². The van der Waals surface area contributed by atoms with E-state index in [0.29, 0.717) is 6.54 Å². The molecular formula is C11H22N2O2. The van der Waals surface area contributed by atoms with Crippen LogP contribution in [0.5, 0.6) is 0 Å². The molecule has 0 aromatic carbocycles. The molecule has 0 saturated heterocycles. The van der Waals surface area contributed by atoms with Gasteiger partial charge in [-0.05, 0) is 18.9 Å². The molecule has 1 saturated carbocycles. The summed E-state index contributed by atoms with van der Waals surface area (Å²) < 4.78 is 0. The fourth-order valence-electron chi connectivity index (χ4n) is 2.19. The Morgan fingerprint density at radius 1 is 1.47 bits per heavy atom. The summed E-state index contributed by atoms with van der Waals surface area (Å²) >= 11 is 0. The highest BCUT2D eigenvalue weighted by atomic mass is 16.4. The van der Waals surface area contributed by atoms with Gasteiger partial charge in [0.15, 0.2) is 0 Å². The van der Waals surface area contributed by atoms with Gasteiger partial charge in [0.25, 0.3) is 0 Å². The van der Waals surface area contributed by atoms with E-state index >= 15 is 0 Å². The molecule has 1 atom stereocenters. The van der Waals surface area contributed by atoms with Gasteiger partial charge in [-0.1, -0.05) is 25.7 Å². The second kappa shape index (κ2) is 6.80. The highest BCUT2D eigenvalue weighted by molar-refractivity contribution is 5.67. The molecule has 4 nitrogen and oxygen atoms in total. The monoisotopic (exact) mass is 214 g/mol. The van der Waals surface area contributed by atoms with Crippen molar-refractivity contribution in [3.63, 3.8) is 0 Å². The van der Waals surface area contributed by atoms with Crippen LogP contribution in [0.3, 0.4) is 0 Å². The van der Waals surface area contributed by atoms with Crippen molar-refractivity contribution in [2.75, 3.05) is 13.1 Å². The number of nitrogens with one attached hydrogen (secondary N) is 1. The summed E-state index contributed by atoms with van der Waals surface area (Å²) in [4.78, 5) is 10.3. The molecule has 15 heavy (non-hydrogen) atoms. The van der Waals surface area contributed by atoms with Crippen molar-refractivity contribution in [3.8, 4) is 0 Å². The molecule has 0 heterocycles. The van der Waals surface area contributed by atoms with Gasteiger partial charge < -0.3 is 16.2 Å². The van der Waals surface area contributed by atoms with Crippen LogP contribution in [0.15, 0.2) is 0 Å². The van der Waals surface area contributed by atoms with Gasteiger partial charge in [-0.2, -0.15) is 0 Å².